The van der Waals surface area contributed by atoms with Gasteiger partial charge in [-0.3, -0.25) is 0 Å². The number of alkyl halides is 1. The van der Waals surface area contributed by atoms with E-state index in [1.165, 1.54) is 32.1 Å². The third kappa shape index (κ3) is 1.09. The minimum absolute atomic E-state index is 0.538. The van der Waals surface area contributed by atoms with Crippen molar-refractivity contribution in [3.05, 3.63) is 0 Å². The van der Waals surface area contributed by atoms with Crippen molar-refractivity contribution >= 4 is 22.6 Å². The van der Waals surface area contributed by atoms with Gasteiger partial charge < -0.3 is 4.74 Å². The van der Waals surface area contributed by atoms with Crippen LogP contribution in [-0.2, 0) is 4.74 Å². The van der Waals surface area contributed by atoms with Crippen LogP contribution < -0.4 is 0 Å². The summed E-state index contributed by atoms with van der Waals surface area (Å²) in [5, 5.41) is 0. The van der Waals surface area contributed by atoms with Gasteiger partial charge in [-0.25, -0.2) is 0 Å². The first-order valence-corrected chi connectivity index (χ1v) is 5.20. The molecule has 2 heteroatoms. The summed E-state index contributed by atoms with van der Waals surface area (Å²) in [4.78, 5) is 0. The molecule has 0 aromatic rings. The SMILES string of the molecule is IC12CCCCC1OCC2. The molecule has 1 nitrogen and oxygen atoms in total. The smallest absolute Gasteiger partial charge is 0.0721 e. The van der Waals surface area contributed by atoms with Gasteiger partial charge in [0.2, 0.25) is 0 Å². The monoisotopic (exact) mass is 252 g/mol. The van der Waals surface area contributed by atoms with Crippen molar-refractivity contribution < 1.29 is 4.74 Å². The van der Waals surface area contributed by atoms with Crippen molar-refractivity contribution in [1.29, 1.82) is 0 Å². The van der Waals surface area contributed by atoms with Gasteiger partial charge in [-0.15, -0.1) is 0 Å². The molecule has 10 heavy (non-hydrogen) atoms. The van der Waals surface area contributed by atoms with Gasteiger partial charge in [-0.05, 0) is 19.3 Å². The van der Waals surface area contributed by atoms with Crippen molar-refractivity contribution in [3.63, 3.8) is 0 Å². The molecule has 2 fully saturated rings. The molecule has 1 saturated heterocycles. The number of hydrogen-bond donors (Lipinski definition) is 0. The lowest BCUT2D eigenvalue weighted by Gasteiger charge is -2.32. The van der Waals surface area contributed by atoms with Crippen LogP contribution in [0.5, 0.6) is 0 Å². The van der Waals surface area contributed by atoms with E-state index in [1.54, 1.807) is 0 Å². The molecule has 0 aromatic heterocycles. The Morgan fingerprint density at radius 1 is 1.30 bits per heavy atom. The van der Waals surface area contributed by atoms with Gasteiger partial charge >= 0.3 is 0 Å². The van der Waals surface area contributed by atoms with Gasteiger partial charge in [0.1, 0.15) is 0 Å². The van der Waals surface area contributed by atoms with Crippen molar-refractivity contribution in [2.75, 3.05) is 6.61 Å². The van der Waals surface area contributed by atoms with Crippen molar-refractivity contribution in [2.24, 2.45) is 0 Å². The number of fused-ring (bicyclic) bond motifs is 1. The number of rotatable bonds is 0. The first kappa shape index (κ1) is 7.35. The Kier molecular flexibility index (Phi) is 1.93. The lowest BCUT2D eigenvalue weighted by molar-refractivity contribution is 0.0794. The van der Waals surface area contributed by atoms with Crippen LogP contribution in [0.4, 0.5) is 0 Å². The second-order valence-electron chi connectivity index (χ2n) is 3.39. The zero-order chi connectivity index (χ0) is 7.03. The molecule has 1 heterocycles. The van der Waals surface area contributed by atoms with E-state index >= 15 is 0 Å². The first-order valence-electron chi connectivity index (χ1n) is 4.12. The lowest BCUT2D eigenvalue weighted by Crippen LogP contribution is -2.34. The minimum atomic E-state index is 0.538. The van der Waals surface area contributed by atoms with Gasteiger partial charge in [0, 0.05) is 6.61 Å². The number of hydrogen-bond acceptors (Lipinski definition) is 1. The van der Waals surface area contributed by atoms with E-state index in [1.807, 2.05) is 0 Å². The van der Waals surface area contributed by atoms with Gasteiger partial charge in [0.25, 0.3) is 0 Å². The van der Waals surface area contributed by atoms with Crippen LogP contribution >= 0.6 is 22.6 Å². The molecule has 0 amide bonds. The zero-order valence-corrected chi connectivity index (χ0v) is 8.26. The molecule has 1 aliphatic heterocycles. The van der Waals surface area contributed by atoms with E-state index < -0.39 is 0 Å². The molecular weight excluding hydrogens is 239 g/mol. The molecular formula is C8H13IO. The molecule has 1 saturated carbocycles. The summed E-state index contributed by atoms with van der Waals surface area (Å²) in [6, 6.07) is 0. The summed E-state index contributed by atoms with van der Waals surface area (Å²) in [6.45, 7) is 1.01. The van der Waals surface area contributed by atoms with Crippen molar-refractivity contribution in [2.45, 2.75) is 41.6 Å². The highest BCUT2D eigenvalue weighted by atomic mass is 127. The first-order chi connectivity index (χ1) is 4.81. The Hall–Kier alpha value is 0.690. The molecule has 1 aliphatic carbocycles. The van der Waals surface area contributed by atoms with Crippen LogP contribution in [0.15, 0.2) is 0 Å². The Bertz CT molecular complexity index is 137. The summed E-state index contributed by atoms with van der Waals surface area (Å²) in [5.74, 6) is 0. The summed E-state index contributed by atoms with van der Waals surface area (Å²) < 4.78 is 6.19. The topological polar surface area (TPSA) is 9.23 Å². The third-order valence-corrected chi connectivity index (χ3v) is 4.50. The van der Waals surface area contributed by atoms with Crippen LogP contribution in [0.3, 0.4) is 0 Å². The maximum absolute atomic E-state index is 5.65. The van der Waals surface area contributed by atoms with Crippen molar-refractivity contribution in [3.8, 4) is 0 Å². The zero-order valence-electron chi connectivity index (χ0n) is 6.11. The van der Waals surface area contributed by atoms with E-state index in [0.29, 0.717) is 9.53 Å². The number of halogens is 1. The van der Waals surface area contributed by atoms with E-state index in [4.69, 9.17) is 4.74 Å². The summed E-state index contributed by atoms with van der Waals surface area (Å²) in [5.41, 5.74) is 0. The predicted molar refractivity (Wildman–Crippen MR) is 49.6 cm³/mol. The largest absolute Gasteiger partial charge is 0.377 e. The lowest BCUT2D eigenvalue weighted by atomic mass is 9.86. The van der Waals surface area contributed by atoms with Crippen LogP contribution in [-0.4, -0.2) is 16.1 Å². The van der Waals surface area contributed by atoms with Crippen LogP contribution in [0.1, 0.15) is 32.1 Å². The predicted octanol–water partition coefficient (Wildman–Crippen LogP) is 2.52. The molecule has 58 valence electrons. The highest BCUT2D eigenvalue weighted by Gasteiger charge is 2.42. The van der Waals surface area contributed by atoms with Gasteiger partial charge in [0.05, 0.1) is 9.53 Å². The Morgan fingerprint density at radius 3 is 3.00 bits per heavy atom. The molecule has 2 unspecified atom stereocenters. The average Bonchev–Trinajstić information content (AvgIpc) is 2.29. The Morgan fingerprint density at radius 2 is 2.20 bits per heavy atom. The molecule has 0 aromatic carbocycles. The van der Waals surface area contributed by atoms with Crippen LogP contribution in [0.25, 0.3) is 0 Å². The maximum Gasteiger partial charge on any atom is 0.0721 e. The quantitative estimate of drug-likeness (QED) is 0.475. The third-order valence-electron chi connectivity index (χ3n) is 2.72. The molecule has 0 bridgehead atoms. The summed E-state index contributed by atoms with van der Waals surface area (Å²) >= 11 is 2.62. The summed E-state index contributed by atoms with van der Waals surface area (Å²) in [6.07, 6.45) is 7.39. The van der Waals surface area contributed by atoms with Crippen molar-refractivity contribution in [1.82, 2.24) is 0 Å². The highest BCUT2D eigenvalue weighted by Crippen LogP contribution is 2.44. The molecule has 0 spiro atoms. The number of ether oxygens (including phenoxy) is 1. The van der Waals surface area contributed by atoms with E-state index in [9.17, 15) is 0 Å². The second kappa shape index (κ2) is 2.63. The van der Waals surface area contributed by atoms with E-state index in [-0.39, 0.29) is 0 Å². The highest BCUT2D eigenvalue weighted by molar-refractivity contribution is 14.1. The fourth-order valence-corrected chi connectivity index (χ4v) is 3.15. The molecule has 2 aliphatic rings. The molecule has 2 rings (SSSR count). The molecule has 2 atom stereocenters. The second-order valence-corrected chi connectivity index (χ2v) is 5.54. The molecule has 0 radical (unpaired) electrons. The van der Waals surface area contributed by atoms with E-state index in [2.05, 4.69) is 22.6 Å². The average molecular weight is 252 g/mol. The molecule has 0 N–H and O–H groups in total. The normalized spacial score (nSPS) is 47.1. The minimum Gasteiger partial charge on any atom is -0.377 e. The fraction of sp³-hybridized carbons (Fsp3) is 1.00. The van der Waals surface area contributed by atoms with Crippen LogP contribution in [0.2, 0.25) is 0 Å². The summed E-state index contributed by atoms with van der Waals surface area (Å²) in [7, 11) is 0. The van der Waals surface area contributed by atoms with Gasteiger partial charge in [-0.2, -0.15) is 0 Å². The van der Waals surface area contributed by atoms with Gasteiger partial charge in [-0.1, -0.05) is 35.4 Å². The van der Waals surface area contributed by atoms with Crippen LogP contribution in [0, 0.1) is 0 Å². The van der Waals surface area contributed by atoms with Gasteiger partial charge in [0.15, 0.2) is 0 Å². The Labute approximate surface area is 75.7 Å². The van der Waals surface area contributed by atoms with E-state index in [0.717, 1.165) is 6.61 Å². The maximum atomic E-state index is 5.65. The Balaban J connectivity index is 2.10. The standard InChI is InChI=1S/C8H13IO/c9-8-4-2-1-3-7(8)10-6-5-8/h7H,1-6H2. The fourth-order valence-electron chi connectivity index (χ4n) is 2.06.